The first-order valence-electron chi connectivity index (χ1n) is 3.36. The van der Waals surface area contributed by atoms with E-state index in [0.717, 1.165) is 0 Å². The van der Waals surface area contributed by atoms with E-state index in [1.807, 2.05) is 0 Å². The first-order valence-corrected chi connectivity index (χ1v) is 3.74. The van der Waals surface area contributed by atoms with Crippen LogP contribution >= 0.6 is 11.6 Å². The molecule has 0 fully saturated rings. The third kappa shape index (κ3) is 1.86. The monoisotopic (exact) mass is 182 g/mol. The minimum Gasteiger partial charge on any atom is -0.300 e. The van der Waals surface area contributed by atoms with Gasteiger partial charge in [0.15, 0.2) is 5.15 Å². The van der Waals surface area contributed by atoms with Crippen LogP contribution in [0.2, 0.25) is 5.15 Å². The van der Waals surface area contributed by atoms with Crippen molar-refractivity contribution in [3.8, 4) is 11.8 Å². The van der Waals surface area contributed by atoms with E-state index < -0.39 is 0 Å². The normalized spacial score (nSPS) is 8.83. The molecule has 0 radical (unpaired) electrons. The lowest BCUT2D eigenvalue weighted by molar-refractivity contribution is 0.782. The minimum atomic E-state index is -0.304. The Labute approximate surface area is 75.0 Å². The fourth-order valence-electron chi connectivity index (χ4n) is 0.709. The van der Waals surface area contributed by atoms with Gasteiger partial charge >= 0.3 is 0 Å². The molecule has 0 bridgehead atoms. The second-order valence-electron chi connectivity index (χ2n) is 2.08. The molecule has 4 heteroatoms. The molecule has 62 valence electrons. The fraction of sp³-hybridized carbons (Fsp3) is 0.250. The third-order valence-corrected chi connectivity index (χ3v) is 1.56. The summed E-state index contributed by atoms with van der Waals surface area (Å²) in [7, 11) is 0. The molecule has 3 nitrogen and oxygen atoms in total. The molecule has 0 aliphatic heterocycles. The highest BCUT2D eigenvalue weighted by Crippen LogP contribution is 1.92. The molecule has 0 N–H and O–H groups in total. The van der Waals surface area contributed by atoms with Gasteiger partial charge < -0.3 is 0 Å². The van der Waals surface area contributed by atoms with Crippen LogP contribution in [-0.4, -0.2) is 9.55 Å². The van der Waals surface area contributed by atoms with E-state index in [9.17, 15) is 4.79 Å². The molecule has 0 saturated heterocycles. The summed E-state index contributed by atoms with van der Waals surface area (Å²) in [5, 5.41) is -0.0181. The predicted molar refractivity (Wildman–Crippen MR) is 47.0 cm³/mol. The lowest BCUT2D eigenvalue weighted by atomic mass is 10.5. The topological polar surface area (TPSA) is 34.9 Å². The number of nitrogens with zero attached hydrogens (tertiary/aromatic N) is 2. The smallest absolute Gasteiger partial charge is 0.289 e. The van der Waals surface area contributed by atoms with Crippen molar-refractivity contribution < 1.29 is 0 Å². The highest BCUT2D eigenvalue weighted by atomic mass is 35.5. The molecular weight excluding hydrogens is 176 g/mol. The first kappa shape index (κ1) is 8.82. The Morgan fingerprint density at radius 1 is 1.75 bits per heavy atom. The van der Waals surface area contributed by atoms with Gasteiger partial charge in [-0.1, -0.05) is 17.5 Å². The van der Waals surface area contributed by atoms with Gasteiger partial charge in [0.1, 0.15) is 0 Å². The predicted octanol–water partition coefficient (Wildman–Crippen LogP) is 0.920. The van der Waals surface area contributed by atoms with E-state index in [4.69, 9.17) is 11.6 Å². The van der Waals surface area contributed by atoms with Gasteiger partial charge in [0.25, 0.3) is 5.56 Å². The Hall–Kier alpha value is -1.27. The number of halogens is 1. The molecule has 0 aromatic carbocycles. The SMILES string of the molecule is CC#CCn1ccnc(Cl)c1=O. The Morgan fingerprint density at radius 2 is 2.50 bits per heavy atom. The Kier molecular flexibility index (Phi) is 2.89. The second-order valence-corrected chi connectivity index (χ2v) is 2.44. The van der Waals surface area contributed by atoms with Gasteiger partial charge in [-0.05, 0) is 6.92 Å². The summed E-state index contributed by atoms with van der Waals surface area (Å²) in [6.45, 7) is 2.07. The molecule has 1 heterocycles. The van der Waals surface area contributed by atoms with Gasteiger partial charge in [0, 0.05) is 12.4 Å². The van der Waals surface area contributed by atoms with Crippen molar-refractivity contribution in [3.63, 3.8) is 0 Å². The largest absolute Gasteiger partial charge is 0.300 e. The van der Waals surface area contributed by atoms with E-state index in [0.29, 0.717) is 6.54 Å². The van der Waals surface area contributed by atoms with Gasteiger partial charge in [-0.3, -0.25) is 9.36 Å². The lowest BCUT2D eigenvalue weighted by Crippen LogP contribution is -2.19. The Balaban J connectivity index is 3.06. The molecule has 12 heavy (non-hydrogen) atoms. The molecule has 0 aliphatic rings. The lowest BCUT2D eigenvalue weighted by Gasteiger charge is -1.97. The zero-order valence-electron chi connectivity index (χ0n) is 6.54. The molecule has 0 spiro atoms. The van der Waals surface area contributed by atoms with Crippen LogP contribution in [0.25, 0.3) is 0 Å². The minimum absolute atomic E-state index is 0.0181. The van der Waals surface area contributed by atoms with Crippen LogP contribution in [0.15, 0.2) is 17.2 Å². The quantitative estimate of drug-likeness (QED) is 0.606. The van der Waals surface area contributed by atoms with Crippen molar-refractivity contribution in [3.05, 3.63) is 27.9 Å². The van der Waals surface area contributed by atoms with E-state index >= 15 is 0 Å². The molecular formula is C8H7ClN2O. The maximum absolute atomic E-state index is 11.2. The average molecular weight is 183 g/mol. The van der Waals surface area contributed by atoms with Crippen molar-refractivity contribution >= 4 is 11.6 Å². The molecule has 0 aliphatic carbocycles. The van der Waals surface area contributed by atoms with Crippen LogP contribution < -0.4 is 5.56 Å². The third-order valence-electron chi connectivity index (χ3n) is 1.30. The van der Waals surface area contributed by atoms with E-state index in [-0.39, 0.29) is 10.7 Å². The van der Waals surface area contributed by atoms with Crippen LogP contribution in [0.5, 0.6) is 0 Å². The van der Waals surface area contributed by atoms with Crippen LogP contribution in [0.1, 0.15) is 6.92 Å². The van der Waals surface area contributed by atoms with Crippen molar-refractivity contribution in [1.29, 1.82) is 0 Å². The highest BCUT2D eigenvalue weighted by molar-refractivity contribution is 6.29. The summed E-state index contributed by atoms with van der Waals surface area (Å²) in [5.74, 6) is 5.45. The van der Waals surface area contributed by atoms with Gasteiger partial charge in [-0.2, -0.15) is 0 Å². The summed E-state index contributed by atoms with van der Waals surface area (Å²) in [5.41, 5.74) is -0.304. The van der Waals surface area contributed by atoms with E-state index in [1.54, 1.807) is 13.1 Å². The zero-order chi connectivity index (χ0) is 8.97. The van der Waals surface area contributed by atoms with Gasteiger partial charge in [0.05, 0.1) is 6.54 Å². The number of rotatable bonds is 1. The highest BCUT2D eigenvalue weighted by Gasteiger charge is 1.98. The molecule has 1 aromatic heterocycles. The molecule has 1 aromatic rings. The number of aromatic nitrogens is 2. The summed E-state index contributed by atoms with van der Waals surface area (Å²) >= 11 is 5.50. The van der Waals surface area contributed by atoms with Crippen LogP contribution in [0.4, 0.5) is 0 Å². The van der Waals surface area contributed by atoms with Crippen LogP contribution in [-0.2, 0) is 6.54 Å². The average Bonchev–Trinajstić information content (AvgIpc) is 2.08. The maximum Gasteiger partial charge on any atom is 0.289 e. The molecule has 0 atom stereocenters. The second kappa shape index (κ2) is 3.93. The van der Waals surface area contributed by atoms with E-state index in [1.165, 1.54) is 10.8 Å². The molecule has 1 rings (SSSR count). The van der Waals surface area contributed by atoms with Gasteiger partial charge in [0.2, 0.25) is 0 Å². The maximum atomic E-state index is 11.2. The van der Waals surface area contributed by atoms with Crippen molar-refractivity contribution in [2.45, 2.75) is 13.5 Å². The number of hydrogen-bond acceptors (Lipinski definition) is 2. The standard InChI is InChI=1S/C8H7ClN2O/c1-2-3-5-11-6-4-10-7(9)8(11)12/h4,6H,5H2,1H3. The summed E-state index contributed by atoms with van der Waals surface area (Å²) in [4.78, 5) is 14.8. The van der Waals surface area contributed by atoms with Crippen molar-refractivity contribution in [1.82, 2.24) is 9.55 Å². The zero-order valence-corrected chi connectivity index (χ0v) is 7.30. The first-order chi connectivity index (χ1) is 5.75. The number of hydrogen-bond donors (Lipinski definition) is 0. The Bertz CT molecular complexity index is 386. The molecule has 0 saturated carbocycles. The molecule has 0 amide bonds. The fourth-order valence-corrected chi connectivity index (χ4v) is 0.874. The van der Waals surface area contributed by atoms with Gasteiger partial charge in [-0.25, -0.2) is 4.98 Å². The van der Waals surface area contributed by atoms with Crippen LogP contribution in [0, 0.1) is 11.8 Å². The van der Waals surface area contributed by atoms with E-state index in [2.05, 4.69) is 16.8 Å². The van der Waals surface area contributed by atoms with Gasteiger partial charge in [-0.15, -0.1) is 5.92 Å². The molecule has 0 unspecified atom stereocenters. The van der Waals surface area contributed by atoms with Crippen molar-refractivity contribution in [2.75, 3.05) is 0 Å². The summed E-state index contributed by atoms with van der Waals surface area (Å²) in [6.07, 6.45) is 3.03. The summed E-state index contributed by atoms with van der Waals surface area (Å²) < 4.78 is 1.41. The summed E-state index contributed by atoms with van der Waals surface area (Å²) in [6, 6.07) is 0. The van der Waals surface area contributed by atoms with Crippen LogP contribution in [0.3, 0.4) is 0 Å². The Morgan fingerprint density at radius 3 is 3.17 bits per heavy atom. The van der Waals surface area contributed by atoms with Crippen molar-refractivity contribution in [2.24, 2.45) is 0 Å².